The first-order chi connectivity index (χ1) is 18.0. The lowest BCUT2D eigenvalue weighted by molar-refractivity contribution is -0.136. The van der Waals surface area contributed by atoms with E-state index in [1.165, 1.54) is 5.57 Å². The number of ether oxygens (including phenoxy) is 1. The minimum Gasteiger partial charge on any atom is -0.493 e. The van der Waals surface area contributed by atoms with E-state index in [1.54, 1.807) is 4.90 Å². The molecule has 0 radical (unpaired) electrons. The second-order valence-electron chi connectivity index (χ2n) is 10.3. The molecule has 37 heavy (non-hydrogen) atoms. The van der Waals surface area contributed by atoms with Crippen molar-refractivity contribution in [2.45, 2.75) is 51.9 Å². The summed E-state index contributed by atoms with van der Waals surface area (Å²) in [6, 6.07) is 8.87. The van der Waals surface area contributed by atoms with Crippen LogP contribution >= 0.6 is 0 Å². The van der Waals surface area contributed by atoms with Gasteiger partial charge in [0.15, 0.2) is 5.82 Å². The number of hydrogen-bond donors (Lipinski definition) is 2. The molecule has 1 atom stereocenters. The molecule has 2 aliphatic rings. The SMILES string of the molecule is CC(C)c1noc(N2CCC(COc3ccc(C4=CCC(C(=O)N(CCO)CCO)CC4)cc3)CC2)n1. The number of rotatable bonds is 11. The number of carbonyl (C=O) groups excluding carboxylic acids is 1. The number of nitrogens with zero attached hydrogens (tertiary/aromatic N) is 4. The van der Waals surface area contributed by atoms with Crippen molar-refractivity contribution in [2.75, 3.05) is 50.9 Å². The highest BCUT2D eigenvalue weighted by Gasteiger charge is 2.26. The number of hydrogen-bond acceptors (Lipinski definition) is 8. The second-order valence-corrected chi connectivity index (χ2v) is 10.3. The monoisotopic (exact) mass is 512 g/mol. The van der Waals surface area contributed by atoms with E-state index >= 15 is 0 Å². The van der Waals surface area contributed by atoms with E-state index in [0.29, 0.717) is 25.0 Å². The second kappa shape index (κ2) is 13.1. The van der Waals surface area contributed by atoms with Gasteiger partial charge < -0.3 is 29.3 Å². The van der Waals surface area contributed by atoms with Crippen LogP contribution in [0.3, 0.4) is 0 Å². The van der Waals surface area contributed by atoms with Gasteiger partial charge in [0.25, 0.3) is 0 Å². The Labute approximate surface area is 219 Å². The Balaban J connectivity index is 1.22. The van der Waals surface area contributed by atoms with Crippen LogP contribution in [0.5, 0.6) is 5.75 Å². The third kappa shape index (κ3) is 7.11. The molecule has 0 spiro atoms. The number of anilines is 1. The van der Waals surface area contributed by atoms with Crippen LogP contribution in [-0.2, 0) is 4.79 Å². The molecule has 1 aliphatic carbocycles. The molecular weight excluding hydrogens is 472 g/mol. The van der Waals surface area contributed by atoms with Gasteiger partial charge in [-0.15, -0.1) is 0 Å². The largest absolute Gasteiger partial charge is 0.493 e. The summed E-state index contributed by atoms with van der Waals surface area (Å²) in [7, 11) is 0. The maximum Gasteiger partial charge on any atom is 0.324 e. The molecule has 1 aromatic carbocycles. The summed E-state index contributed by atoms with van der Waals surface area (Å²) in [5, 5.41) is 22.5. The summed E-state index contributed by atoms with van der Waals surface area (Å²) in [5.74, 6) is 2.31. The van der Waals surface area contributed by atoms with Crippen molar-refractivity contribution in [3.8, 4) is 5.75 Å². The normalized spacial score (nSPS) is 18.7. The topological polar surface area (TPSA) is 112 Å². The number of aliphatic hydroxyl groups is 2. The number of piperidine rings is 1. The minimum atomic E-state index is -0.0908. The van der Waals surface area contributed by atoms with Gasteiger partial charge in [-0.2, -0.15) is 4.98 Å². The fourth-order valence-electron chi connectivity index (χ4n) is 5.01. The summed E-state index contributed by atoms with van der Waals surface area (Å²) in [5.41, 5.74) is 2.41. The van der Waals surface area contributed by atoms with Crippen LogP contribution in [0.15, 0.2) is 34.9 Å². The number of aromatic nitrogens is 2. The molecule has 9 heteroatoms. The highest BCUT2D eigenvalue weighted by molar-refractivity contribution is 5.80. The van der Waals surface area contributed by atoms with Crippen LogP contribution in [0.25, 0.3) is 5.57 Å². The fourth-order valence-corrected chi connectivity index (χ4v) is 5.01. The van der Waals surface area contributed by atoms with Crippen molar-refractivity contribution in [3.63, 3.8) is 0 Å². The van der Waals surface area contributed by atoms with Crippen LogP contribution in [-0.4, -0.2) is 77.2 Å². The van der Waals surface area contributed by atoms with Crippen molar-refractivity contribution < 1.29 is 24.3 Å². The van der Waals surface area contributed by atoms with Crippen LogP contribution in [0.2, 0.25) is 0 Å². The van der Waals surface area contributed by atoms with Gasteiger partial charge in [0.05, 0.1) is 19.8 Å². The van der Waals surface area contributed by atoms with Crippen molar-refractivity contribution in [1.29, 1.82) is 0 Å². The predicted molar refractivity (Wildman–Crippen MR) is 141 cm³/mol. The van der Waals surface area contributed by atoms with Gasteiger partial charge in [-0.3, -0.25) is 4.79 Å². The average molecular weight is 513 g/mol. The van der Waals surface area contributed by atoms with Gasteiger partial charge in [-0.25, -0.2) is 0 Å². The first-order valence-electron chi connectivity index (χ1n) is 13.5. The lowest BCUT2D eigenvalue weighted by Crippen LogP contribution is -2.40. The van der Waals surface area contributed by atoms with E-state index in [9.17, 15) is 15.0 Å². The third-order valence-corrected chi connectivity index (χ3v) is 7.35. The molecule has 0 bridgehead atoms. The van der Waals surface area contributed by atoms with Crippen LogP contribution in [0.4, 0.5) is 6.01 Å². The van der Waals surface area contributed by atoms with Gasteiger partial charge in [0.2, 0.25) is 5.91 Å². The third-order valence-electron chi connectivity index (χ3n) is 7.35. The minimum absolute atomic E-state index is 0.0189. The van der Waals surface area contributed by atoms with Crippen molar-refractivity contribution in [3.05, 3.63) is 41.7 Å². The number of allylic oxidation sites excluding steroid dienone is 2. The number of aliphatic hydroxyl groups excluding tert-OH is 2. The Morgan fingerprint density at radius 2 is 1.84 bits per heavy atom. The van der Waals surface area contributed by atoms with Crippen LogP contribution in [0.1, 0.15) is 63.3 Å². The van der Waals surface area contributed by atoms with Gasteiger partial charge in [0, 0.05) is 38.0 Å². The predicted octanol–water partition coefficient (Wildman–Crippen LogP) is 3.49. The fraction of sp³-hybridized carbons (Fsp3) is 0.607. The lowest BCUT2D eigenvalue weighted by Gasteiger charge is -2.30. The Morgan fingerprint density at radius 1 is 1.14 bits per heavy atom. The Hall–Kier alpha value is -2.91. The molecule has 1 amide bonds. The highest BCUT2D eigenvalue weighted by atomic mass is 16.5. The molecule has 1 unspecified atom stereocenters. The number of benzene rings is 1. The zero-order valence-electron chi connectivity index (χ0n) is 22.0. The Morgan fingerprint density at radius 3 is 2.41 bits per heavy atom. The van der Waals surface area contributed by atoms with Gasteiger partial charge in [-0.05, 0) is 61.3 Å². The standard InChI is InChI=1S/C28H40N4O5/c1-20(2)26-29-28(37-30-26)32-13-11-21(12-14-32)19-36-25-9-7-23(8-10-25)22-3-5-24(6-4-22)27(35)31(15-17-33)16-18-34/h3,7-10,20-21,24,33-34H,4-6,11-19H2,1-2H3. The molecule has 1 saturated heterocycles. The summed E-state index contributed by atoms with van der Waals surface area (Å²) in [6.07, 6.45) is 6.49. The maximum atomic E-state index is 12.7. The molecule has 2 heterocycles. The van der Waals surface area contributed by atoms with E-state index < -0.39 is 0 Å². The number of carbonyl (C=O) groups is 1. The van der Waals surface area contributed by atoms with Crippen LogP contribution < -0.4 is 9.64 Å². The summed E-state index contributed by atoms with van der Waals surface area (Å²) >= 11 is 0. The molecule has 9 nitrogen and oxygen atoms in total. The van der Waals surface area contributed by atoms with E-state index in [2.05, 4.69) is 47.1 Å². The summed E-state index contributed by atoms with van der Waals surface area (Å²) in [6.45, 7) is 6.95. The van der Waals surface area contributed by atoms with E-state index in [1.807, 2.05) is 12.1 Å². The molecule has 1 aromatic heterocycles. The van der Waals surface area contributed by atoms with E-state index in [0.717, 1.165) is 55.9 Å². The maximum absolute atomic E-state index is 12.7. The number of amides is 1. The van der Waals surface area contributed by atoms with Gasteiger partial charge in [-0.1, -0.05) is 37.2 Å². The van der Waals surface area contributed by atoms with E-state index in [4.69, 9.17) is 9.26 Å². The lowest BCUT2D eigenvalue weighted by atomic mass is 9.85. The molecule has 2 aromatic rings. The molecular formula is C28H40N4O5. The van der Waals surface area contributed by atoms with Crippen molar-refractivity contribution >= 4 is 17.5 Å². The quantitative estimate of drug-likeness (QED) is 0.471. The molecule has 4 rings (SSSR count). The van der Waals surface area contributed by atoms with Crippen molar-refractivity contribution in [1.82, 2.24) is 15.0 Å². The summed E-state index contributed by atoms with van der Waals surface area (Å²) < 4.78 is 11.5. The zero-order valence-corrected chi connectivity index (χ0v) is 22.0. The Bertz CT molecular complexity index is 1020. The van der Waals surface area contributed by atoms with Crippen LogP contribution in [0, 0.1) is 11.8 Å². The average Bonchev–Trinajstić information content (AvgIpc) is 3.43. The van der Waals surface area contributed by atoms with Gasteiger partial charge in [0.1, 0.15) is 5.75 Å². The van der Waals surface area contributed by atoms with E-state index in [-0.39, 0.29) is 44.0 Å². The Kier molecular flexibility index (Phi) is 9.57. The smallest absolute Gasteiger partial charge is 0.324 e. The van der Waals surface area contributed by atoms with Gasteiger partial charge >= 0.3 is 6.01 Å². The zero-order chi connectivity index (χ0) is 26.2. The molecule has 1 fully saturated rings. The molecule has 202 valence electrons. The highest BCUT2D eigenvalue weighted by Crippen LogP contribution is 2.32. The first kappa shape index (κ1) is 27.1. The van der Waals surface area contributed by atoms with Crippen molar-refractivity contribution in [2.24, 2.45) is 11.8 Å². The first-order valence-corrected chi connectivity index (χ1v) is 13.5. The molecule has 0 saturated carbocycles. The molecule has 1 aliphatic heterocycles. The summed E-state index contributed by atoms with van der Waals surface area (Å²) in [4.78, 5) is 21.0. The molecule has 2 N–H and O–H groups in total.